The Hall–Kier alpha value is -1.02. The molecule has 2 heteroatoms. The predicted octanol–water partition coefficient (Wildman–Crippen LogP) is 4.44. The van der Waals surface area contributed by atoms with Gasteiger partial charge in [-0.1, -0.05) is 51.3 Å². The van der Waals surface area contributed by atoms with Gasteiger partial charge in [-0.15, -0.1) is 0 Å². The minimum absolute atomic E-state index is 0.0442. The van der Waals surface area contributed by atoms with Gasteiger partial charge in [-0.25, -0.2) is 0 Å². The summed E-state index contributed by atoms with van der Waals surface area (Å²) < 4.78 is 5.84. The fourth-order valence-electron chi connectivity index (χ4n) is 1.93. The Bertz CT molecular complexity index is 310. The topological polar surface area (TPSA) is 29.5 Å². The average molecular weight is 236 g/mol. The molecule has 0 radical (unpaired) electrons. The van der Waals surface area contributed by atoms with Crippen molar-refractivity contribution in [3.63, 3.8) is 0 Å². The quantitative estimate of drug-likeness (QED) is 0.676. The second-order valence-corrected chi connectivity index (χ2v) is 4.41. The first-order valence-electron chi connectivity index (χ1n) is 6.69. The summed E-state index contributed by atoms with van der Waals surface area (Å²) >= 11 is 0. The molecule has 0 aliphatic carbocycles. The van der Waals surface area contributed by atoms with Crippen molar-refractivity contribution in [3.05, 3.63) is 29.8 Å². The number of benzene rings is 1. The molecule has 96 valence electrons. The van der Waals surface area contributed by atoms with E-state index < -0.39 is 0 Å². The molecule has 0 saturated heterocycles. The Morgan fingerprint density at radius 3 is 2.53 bits per heavy atom. The van der Waals surface area contributed by atoms with Gasteiger partial charge >= 0.3 is 0 Å². The zero-order valence-corrected chi connectivity index (χ0v) is 11.0. The molecule has 0 aromatic heterocycles. The number of ether oxygens (including phenoxy) is 1. The van der Waals surface area contributed by atoms with E-state index in [0.29, 0.717) is 5.75 Å². The first-order valence-corrected chi connectivity index (χ1v) is 6.69. The van der Waals surface area contributed by atoms with Gasteiger partial charge in [0.05, 0.1) is 6.10 Å². The number of rotatable bonds is 8. The first kappa shape index (κ1) is 14.0. The molecule has 0 aliphatic rings. The normalized spacial score (nSPS) is 12.6. The molecule has 0 amide bonds. The van der Waals surface area contributed by atoms with Gasteiger partial charge in [-0.05, 0) is 18.9 Å². The van der Waals surface area contributed by atoms with Crippen LogP contribution in [-0.4, -0.2) is 11.7 Å². The summed E-state index contributed by atoms with van der Waals surface area (Å²) in [6.45, 7) is 5.06. The van der Waals surface area contributed by atoms with Crippen LogP contribution >= 0.6 is 0 Å². The molecule has 0 heterocycles. The number of unbranched alkanes of at least 4 members (excludes halogenated alkanes) is 2. The first-order chi connectivity index (χ1) is 8.29. The highest BCUT2D eigenvalue weighted by molar-refractivity contribution is 5.33. The van der Waals surface area contributed by atoms with Crippen LogP contribution in [0.2, 0.25) is 0 Å². The van der Waals surface area contributed by atoms with Crippen molar-refractivity contribution in [3.8, 4) is 5.75 Å². The molecule has 1 rings (SSSR count). The predicted molar refractivity (Wildman–Crippen MR) is 71.2 cm³/mol. The Morgan fingerprint density at radius 2 is 1.88 bits per heavy atom. The van der Waals surface area contributed by atoms with Crippen LogP contribution in [0.15, 0.2) is 24.3 Å². The maximum absolute atomic E-state index is 9.86. The molecule has 1 aromatic rings. The number of phenolic OH excluding ortho intramolecular Hbond substituents is 1. The lowest BCUT2D eigenvalue weighted by Gasteiger charge is -2.19. The van der Waals surface area contributed by atoms with Crippen molar-refractivity contribution in [1.29, 1.82) is 0 Å². The summed E-state index contributed by atoms with van der Waals surface area (Å²) in [5.41, 5.74) is 0.928. The van der Waals surface area contributed by atoms with Crippen LogP contribution < -0.4 is 0 Å². The van der Waals surface area contributed by atoms with E-state index >= 15 is 0 Å². The molecule has 17 heavy (non-hydrogen) atoms. The minimum Gasteiger partial charge on any atom is -0.508 e. The van der Waals surface area contributed by atoms with Crippen LogP contribution in [0.5, 0.6) is 5.75 Å². The third-order valence-corrected chi connectivity index (χ3v) is 2.88. The number of para-hydroxylation sites is 1. The van der Waals surface area contributed by atoms with Crippen molar-refractivity contribution >= 4 is 0 Å². The summed E-state index contributed by atoms with van der Waals surface area (Å²) in [7, 11) is 0. The summed E-state index contributed by atoms with van der Waals surface area (Å²) in [6, 6.07) is 7.50. The summed E-state index contributed by atoms with van der Waals surface area (Å²) in [5, 5.41) is 9.86. The zero-order chi connectivity index (χ0) is 12.5. The molecular formula is C15H24O2. The van der Waals surface area contributed by atoms with Crippen LogP contribution in [0, 0.1) is 0 Å². The standard InChI is InChI=1S/C15H24O2/c1-3-5-6-11-15(17-12-4-2)13-9-7-8-10-14(13)16/h7-10,15-16H,3-6,11-12H2,1-2H3. The van der Waals surface area contributed by atoms with Crippen molar-refractivity contribution in [2.75, 3.05) is 6.61 Å². The molecular weight excluding hydrogens is 212 g/mol. The van der Waals surface area contributed by atoms with E-state index in [4.69, 9.17) is 4.74 Å². The summed E-state index contributed by atoms with van der Waals surface area (Å²) in [4.78, 5) is 0. The van der Waals surface area contributed by atoms with Crippen molar-refractivity contribution in [1.82, 2.24) is 0 Å². The van der Waals surface area contributed by atoms with Gasteiger partial charge in [0.25, 0.3) is 0 Å². The second kappa shape index (κ2) is 8.13. The third kappa shape index (κ3) is 4.78. The van der Waals surface area contributed by atoms with E-state index in [-0.39, 0.29) is 6.10 Å². The van der Waals surface area contributed by atoms with E-state index in [1.165, 1.54) is 12.8 Å². The maximum Gasteiger partial charge on any atom is 0.121 e. The van der Waals surface area contributed by atoms with E-state index in [2.05, 4.69) is 13.8 Å². The highest BCUT2D eigenvalue weighted by Gasteiger charge is 2.14. The van der Waals surface area contributed by atoms with Crippen LogP contribution in [-0.2, 0) is 4.74 Å². The van der Waals surface area contributed by atoms with Gasteiger partial charge in [0.15, 0.2) is 0 Å². The fourth-order valence-corrected chi connectivity index (χ4v) is 1.93. The molecule has 1 N–H and O–H groups in total. The third-order valence-electron chi connectivity index (χ3n) is 2.88. The Balaban J connectivity index is 2.64. The molecule has 0 aliphatic heterocycles. The van der Waals surface area contributed by atoms with Gasteiger partial charge in [0, 0.05) is 12.2 Å². The monoisotopic (exact) mass is 236 g/mol. The van der Waals surface area contributed by atoms with Crippen LogP contribution in [0.3, 0.4) is 0 Å². The summed E-state index contributed by atoms with van der Waals surface area (Å²) in [5.74, 6) is 0.352. The highest BCUT2D eigenvalue weighted by atomic mass is 16.5. The number of hydrogen-bond acceptors (Lipinski definition) is 2. The SMILES string of the molecule is CCCCCC(OCCC)c1ccccc1O. The van der Waals surface area contributed by atoms with Crippen LogP contribution in [0.4, 0.5) is 0 Å². The molecule has 0 saturated carbocycles. The molecule has 0 spiro atoms. The van der Waals surface area contributed by atoms with Gasteiger partial charge < -0.3 is 9.84 Å². The summed E-state index contributed by atoms with van der Waals surface area (Å²) in [6.07, 6.45) is 5.63. The number of phenols is 1. The smallest absolute Gasteiger partial charge is 0.121 e. The second-order valence-electron chi connectivity index (χ2n) is 4.41. The van der Waals surface area contributed by atoms with Crippen molar-refractivity contribution in [2.45, 2.75) is 52.1 Å². The molecule has 1 atom stereocenters. The number of hydrogen-bond donors (Lipinski definition) is 1. The Morgan fingerprint density at radius 1 is 1.12 bits per heavy atom. The van der Waals surface area contributed by atoms with Gasteiger partial charge in [0.1, 0.15) is 5.75 Å². The fraction of sp³-hybridized carbons (Fsp3) is 0.600. The van der Waals surface area contributed by atoms with Crippen molar-refractivity contribution < 1.29 is 9.84 Å². The molecule has 1 aromatic carbocycles. The molecule has 2 nitrogen and oxygen atoms in total. The van der Waals surface area contributed by atoms with E-state index in [9.17, 15) is 5.11 Å². The van der Waals surface area contributed by atoms with E-state index in [0.717, 1.165) is 31.4 Å². The lowest BCUT2D eigenvalue weighted by molar-refractivity contribution is 0.0437. The highest BCUT2D eigenvalue weighted by Crippen LogP contribution is 2.30. The van der Waals surface area contributed by atoms with Crippen LogP contribution in [0.25, 0.3) is 0 Å². The molecule has 1 unspecified atom stereocenters. The Kier molecular flexibility index (Phi) is 6.71. The van der Waals surface area contributed by atoms with Gasteiger partial charge in [-0.3, -0.25) is 0 Å². The maximum atomic E-state index is 9.86. The Labute approximate surface area is 105 Å². The molecule has 0 bridgehead atoms. The number of aromatic hydroxyl groups is 1. The van der Waals surface area contributed by atoms with E-state index in [1.54, 1.807) is 6.07 Å². The van der Waals surface area contributed by atoms with E-state index in [1.807, 2.05) is 18.2 Å². The van der Waals surface area contributed by atoms with Crippen molar-refractivity contribution in [2.24, 2.45) is 0 Å². The van der Waals surface area contributed by atoms with Gasteiger partial charge in [0.2, 0.25) is 0 Å². The molecule has 0 fully saturated rings. The lowest BCUT2D eigenvalue weighted by Crippen LogP contribution is -2.05. The average Bonchev–Trinajstić information content (AvgIpc) is 2.35. The largest absolute Gasteiger partial charge is 0.508 e. The minimum atomic E-state index is 0.0442. The zero-order valence-electron chi connectivity index (χ0n) is 11.0. The lowest BCUT2D eigenvalue weighted by atomic mass is 10.0. The van der Waals surface area contributed by atoms with Gasteiger partial charge in [-0.2, -0.15) is 0 Å². The van der Waals surface area contributed by atoms with Crippen LogP contribution in [0.1, 0.15) is 57.6 Å².